The van der Waals surface area contributed by atoms with Gasteiger partial charge in [0, 0.05) is 19.0 Å². The molecule has 0 rings (SSSR count). The van der Waals surface area contributed by atoms with E-state index in [1.165, 1.54) is 12.8 Å². The van der Waals surface area contributed by atoms with Gasteiger partial charge in [0.2, 0.25) is 0 Å². The number of nitrogens with zero attached hydrogens (tertiary/aromatic N) is 1. The maximum Gasteiger partial charge on any atom is 0.140 e. The zero-order valence-electron chi connectivity index (χ0n) is 8.58. The summed E-state index contributed by atoms with van der Waals surface area (Å²) in [6.07, 6.45) is 4.11. The van der Waals surface area contributed by atoms with Crippen LogP contribution in [0.15, 0.2) is 5.16 Å². The van der Waals surface area contributed by atoms with Crippen LogP contribution in [0.5, 0.6) is 0 Å². The lowest BCUT2D eigenvalue weighted by molar-refractivity contribution is 0.316. The summed E-state index contributed by atoms with van der Waals surface area (Å²) in [5, 5.41) is 14.6. The Bertz CT molecular complexity index is 148. The second-order valence-corrected chi connectivity index (χ2v) is 3.19. The van der Waals surface area contributed by atoms with Gasteiger partial charge in [-0.3, -0.25) is 0 Å². The first-order valence-electron chi connectivity index (χ1n) is 4.94. The molecule has 78 valence electrons. The Morgan fingerprint density at radius 1 is 1.54 bits per heavy atom. The molecule has 0 aliphatic heterocycles. The molecule has 0 aromatic rings. The van der Waals surface area contributed by atoms with Gasteiger partial charge in [-0.25, -0.2) is 0 Å². The van der Waals surface area contributed by atoms with Gasteiger partial charge >= 0.3 is 0 Å². The van der Waals surface area contributed by atoms with Crippen LogP contribution in [0.2, 0.25) is 0 Å². The zero-order chi connectivity index (χ0) is 10.1. The van der Waals surface area contributed by atoms with Gasteiger partial charge in [-0.2, -0.15) is 0 Å². The van der Waals surface area contributed by atoms with Gasteiger partial charge in [0.05, 0.1) is 0 Å². The molecule has 0 spiro atoms. The molecule has 0 saturated heterocycles. The molecule has 0 heterocycles. The fraction of sp³-hybridized carbons (Fsp3) is 0.889. The van der Waals surface area contributed by atoms with E-state index in [-0.39, 0.29) is 0 Å². The van der Waals surface area contributed by atoms with E-state index in [2.05, 4.69) is 24.3 Å². The topological polar surface area (TPSA) is 70.6 Å². The van der Waals surface area contributed by atoms with Crippen LogP contribution in [0.25, 0.3) is 0 Å². The average molecular weight is 187 g/mol. The molecule has 0 bridgehead atoms. The molecule has 0 aromatic carbocycles. The van der Waals surface area contributed by atoms with Crippen molar-refractivity contribution < 1.29 is 5.21 Å². The zero-order valence-corrected chi connectivity index (χ0v) is 8.58. The first-order chi connectivity index (χ1) is 6.24. The van der Waals surface area contributed by atoms with Gasteiger partial charge in [-0.15, -0.1) is 0 Å². The van der Waals surface area contributed by atoms with Crippen molar-refractivity contribution in [3.05, 3.63) is 0 Å². The molecule has 1 atom stereocenters. The standard InChI is InChI=1S/C9H21N3O/c1-3-5-8(4-2)11-7-6-9(10)12-13/h8,11,13H,3-7H2,1-2H3,(H2,10,12). The van der Waals surface area contributed by atoms with Gasteiger partial charge < -0.3 is 16.3 Å². The second-order valence-electron chi connectivity index (χ2n) is 3.19. The monoisotopic (exact) mass is 187 g/mol. The second kappa shape index (κ2) is 7.86. The van der Waals surface area contributed by atoms with Crippen LogP contribution < -0.4 is 11.1 Å². The lowest BCUT2D eigenvalue weighted by Gasteiger charge is -2.15. The minimum absolute atomic E-state index is 0.291. The lowest BCUT2D eigenvalue weighted by Crippen LogP contribution is -2.31. The highest BCUT2D eigenvalue weighted by molar-refractivity contribution is 5.79. The molecule has 0 aromatic heterocycles. The van der Waals surface area contributed by atoms with Gasteiger partial charge in [0.15, 0.2) is 0 Å². The number of hydrogen-bond acceptors (Lipinski definition) is 3. The Morgan fingerprint density at radius 2 is 2.23 bits per heavy atom. The van der Waals surface area contributed by atoms with Crippen molar-refractivity contribution in [2.75, 3.05) is 6.54 Å². The Labute approximate surface area is 80.2 Å². The fourth-order valence-corrected chi connectivity index (χ4v) is 1.25. The smallest absolute Gasteiger partial charge is 0.140 e. The molecule has 0 fully saturated rings. The summed E-state index contributed by atoms with van der Waals surface area (Å²) >= 11 is 0. The quantitative estimate of drug-likeness (QED) is 0.243. The van der Waals surface area contributed by atoms with E-state index >= 15 is 0 Å². The van der Waals surface area contributed by atoms with Crippen molar-refractivity contribution in [1.82, 2.24) is 5.32 Å². The Kier molecular flexibility index (Phi) is 7.39. The largest absolute Gasteiger partial charge is 0.409 e. The SMILES string of the molecule is CCCC(CC)NCCC(N)=NO. The van der Waals surface area contributed by atoms with Crippen molar-refractivity contribution in [2.24, 2.45) is 10.9 Å². The van der Waals surface area contributed by atoms with Gasteiger partial charge in [-0.05, 0) is 12.8 Å². The number of rotatable bonds is 7. The molecule has 13 heavy (non-hydrogen) atoms. The van der Waals surface area contributed by atoms with Crippen LogP contribution in [-0.4, -0.2) is 23.6 Å². The van der Waals surface area contributed by atoms with Gasteiger partial charge in [0.25, 0.3) is 0 Å². The Hall–Kier alpha value is -0.770. The molecule has 4 heteroatoms. The molecular weight excluding hydrogens is 166 g/mol. The Balaban J connectivity index is 3.48. The summed E-state index contributed by atoms with van der Waals surface area (Å²) in [5.74, 6) is 0.291. The number of amidine groups is 1. The predicted octanol–water partition coefficient (Wildman–Crippen LogP) is 1.29. The number of nitrogens with one attached hydrogen (secondary N) is 1. The van der Waals surface area contributed by atoms with Crippen molar-refractivity contribution in [3.8, 4) is 0 Å². The van der Waals surface area contributed by atoms with E-state index in [1.807, 2.05) is 0 Å². The van der Waals surface area contributed by atoms with E-state index < -0.39 is 0 Å². The highest BCUT2D eigenvalue weighted by atomic mass is 16.4. The lowest BCUT2D eigenvalue weighted by atomic mass is 10.1. The summed E-state index contributed by atoms with van der Waals surface area (Å²) in [7, 11) is 0. The molecule has 0 aliphatic rings. The predicted molar refractivity (Wildman–Crippen MR) is 55.0 cm³/mol. The van der Waals surface area contributed by atoms with Crippen LogP contribution in [0.4, 0.5) is 0 Å². The van der Waals surface area contributed by atoms with Crippen molar-refractivity contribution in [1.29, 1.82) is 0 Å². The van der Waals surface area contributed by atoms with Crippen LogP contribution in [0.1, 0.15) is 39.5 Å². The van der Waals surface area contributed by atoms with E-state index in [9.17, 15) is 0 Å². The third-order valence-corrected chi connectivity index (χ3v) is 2.07. The van der Waals surface area contributed by atoms with Crippen LogP contribution >= 0.6 is 0 Å². The highest BCUT2D eigenvalue weighted by Crippen LogP contribution is 2.00. The summed E-state index contributed by atoms with van der Waals surface area (Å²) in [6, 6.07) is 0.566. The normalized spacial score (nSPS) is 14.5. The van der Waals surface area contributed by atoms with E-state index in [4.69, 9.17) is 10.9 Å². The maximum atomic E-state index is 8.30. The highest BCUT2D eigenvalue weighted by Gasteiger charge is 2.03. The molecule has 0 aliphatic carbocycles. The van der Waals surface area contributed by atoms with E-state index in [0.717, 1.165) is 13.0 Å². The molecule has 1 unspecified atom stereocenters. The first-order valence-corrected chi connectivity index (χ1v) is 4.94. The molecule has 0 radical (unpaired) electrons. The summed E-state index contributed by atoms with van der Waals surface area (Å²) in [4.78, 5) is 0. The van der Waals surface area contributed by atoms with E-state index in [0.29, 0.717) is 18.3 Å². The number of hydrogen-bond donors (Lipinski definition) is 3. The summed E-state index contributed by atoms with van der Waals surface area (Å²) < 4.78 is 0. The minimum Gasteiger partial charge on any atom is -0.409 e. The van der Waals surface area contributed by atoms with E-state index in [1.54, 1.807) is 0 Å². The molecule has 4 nitrogen and oxygen atoms in total. The first kappa shape index (κ1) is 12.2. The van der Waals surface area contributed by atoms with Gasteiger partial charge in [0.1, 0.15) is 5.84 Å². The summed E-state index contributed by atoms with van der Waals surface area (Å²) in [6.45, 7) is 5.12. The number of oxime groups is 1. The van der Waals surface area contributed by atoms with Crippen LogP contribution in [0.3, 0.4) is 0 Å². The third kappa shape index (κ3) is 6.40. The average Bonchev–Trinajstić information content (AvgIpc) is 2.16. The van der Waals surface area contributed by atoms with Gasteiger partial charge in [-0.1, -0.05) is 25.4 Å². The number of nitrogens with two attached hydrogens (primary N) is 1. The van der Waals surface area contributed by atoms with Crippen LogP contribution in [0, 0.1) is 0 Å². The molecule has 0 saturated carbocycles. The molecule has 0 amide bonds. The van der Waals surface area contributed by atoms with Crippen LogP contribution in [-0.2, 0) is 0 Å². The maximum absolute atomic E-state index is 8.30. The third-order valence-electron chi connectivity index (χ3n) is 2.07. The van der Waals surface area contributed by atoms with Crippen molar-refractivity contribution in [3.63, 3.8) is 0 Å². The Morgan fingerprint density at radius 3 is 2.69 bits per heavy atom. The van der Waals surface area contributed by atoms with Crippen molar-refractivity contribution in [2.45, 2.75) is 45.6 Å². The molecular formula is C9H21N3O. The summed E-state index contributed by atoms with van der Waals surface area (Å²) in [5.41, 5.74) is 5.33. The minimum atomic E-state index is 0.291. The van der Waals surface area contributed by atoms with Crippen molar-refractivity contribution >= 4 is 5.84 Å². The fourth-order valence-electron chi connectivity index (χ4n) is 1.25. The molecule has 4 N–H and O–H groups in total.